The molecule has 0 saturated heterocycles. The maximum atomic E-state index is 12.2. The molecule has 0 spiro atoms. The Morgan fingerprint density at radius 3 is 2.68 bits per heavy atom. The van der Waals surface area contributed by atoms with Gasteiger partial charge in [-0.3, -0.25) is 0 Å². The summed E-state index contributed by atoms with van der Waals surface area (Å²) in [4.78, 5) is 0. The molecule has 19 heavy (non-hydrogen) atoms. The van der Waals surface area contributed by atoms with Gasteiger partial charge in [0.25, 0.3) is 0 Å². The number of nitriles is 1. The van der Waals surface area contributed by atoms with Crippen LogP contribution < -0.4 is 10.5 Å². The molecule has 0 fully saturated rings. The number of benzene rings is 1. The Labute approximate surface area is 113 Å². The average molecular weight is 282 g/mol. The zero-order valence-electron chi connectivity index (χ0n) is 11.1. The van der Waals surface area contributed by atoms with Crippen LogP contribution in [-0.4, -0.2) is 27.3 Å². The van der Waals surface area contributed by atoms with Crippen molar-refractivity contribution in [2.24, 2.45) is 5.73 Å². The van der Waals surface area contributed by atoms with E-state index in [4.69, 9.17) is 15.7 Å². The molecule has 0 saturated carbocycles. The highest BCUT2D eigenvalue weighted by atomic mass is 32.2. The van der Waals surface area contributed by atoms with Crippen molar-refractivity contribution in [3.63, 3.8) is 0 Å². The van der Waals surface area contributed by atoms with E-state index in [0.29, 0.717) is 29.8 Å². The van der Waals surface area contributed by atoms with E-state index >= 15 is 0 Å². The molecule has 104 valence electrons. The first kappa shape index (κ1) is 15.5. The van der Waals surface area contributed by atoms with Crippen LogP contribution in [0.15, 0.2) is 18.2 Å². The minimum absolute atomic E-state index is 0.146. The number of ether oxygens (including phenoxy) is 1. The van der Waals surface area contributed by atoms with Crippen LogP contribution in [0.1, 0.15) is 24.5 Å². The quantitative estimate of drug-likeness (QED) is 0.846. The van der Waals surface area contributed by atoms with Gasteiger partial charge < -0.3 is 10.5 Å². The van der Waals surface area contributed by atoms with Crippen molar-refractivity contribution in [1.82, 2.24) is 0 Å². The van der Waals surface area contributed by atoms with E-state index in [0.717, 1.165) is 0 Å². The van der Waals surface area contributed by atoms with Gasteiger partial charge in [-0.05, 0) is 38.1 Å². The van der Waals surface area contributed by atoms with Gasteiger partial charge in [0, 0.05) is 5.56 Å². The van der Waals surface area contributed by atoms with Crippen molar-refractivity contribution in [2.75, 3.05) is 13.7 Å². The SMILES string of the molecule is COc1ccc(C#N)cc1CS(=O)(=O)C(C)CCN. The van der Waals surface area contributed by atoms with Gasteiger partial charge in [-0.25, -0.2) is 8.42 Å². The summed E-state index contributed by atoms with van der Waals surface area (Å²) < 4.78 is 29.5. The number of nitrogens with zero attached hydrogens (tertiary/aromatic N) is 1. The fraction of sp³-hybridized carbons (Fsp3) is 0.462. The molecule has 0 heterocycles. The van der Waals surface area contributed by atoms with E-state index in [1.807, 2.05) is 6.07 Å². The van der Waals surface area contributed by atoms with Crippen LogP contribution in [0, 0.1) is 11.3 Å². The predicted molar refractivity (Wildman–Crippen MR) is 73.5 cm³/mol. The summed E-state index contributed by atoms with van der Waals surface area (Å²) >= 11 is 0. The van der Waals surface area contributed by atoms with E-state index in [2.05, 4.69) is 0 Å². The highest BCUT2D eigenvalue weighted by Crippen LogP contribution is 2.24. The lowest BCUT2D eigenvalue weighted by Crippen LogP contribution is -2.23. The Kier molecular flexibility index (Phi) is 5.33. The van der Waals surface area contributed by atoms with Gasteiger partial charge in [0.1, 0.15) is 5.75 Å². The minimum Gasteiger partial charge on any atom is -0.496 e. The van der Waals surface area contributed by atoms with E-state index in [1.165, 1.54) is 7.11 Å². The number of nitrogens with two attached hydrogens (primary N) is 1. The molecule has 1 rings (SSSR count). The smallest absolute Gasteiger partial charge is 0.157 e. The zero-order valence-corrected chi connectivity index (χ0v) is 11.9. The number of rotatable bonds is 6. The molecule has 1 atom stereocenters. The lowest BCUT2D eigenvalue weighted by atomic mass is 10.1. The van der Waals surface area contributed by atoms with Crippen LogP contribution in [0.25, 0.3) is 0 Å². The second kappa shape index (κ2) is 6.55. The summed E-state index contributed by atoms with van der Waals surface area (Å²) in [5.74, 6) is 0.329. The molecule has 0 aliphatic heterocycles. The third kappa shape index (κ3) is 3.94. The summed E-state index contributed by atoms with van der Waals surface area (Å²) in [5.41, 5.74) is 6.31. The Hall–Kier alpha value is -1.58. The zero-order chi connectivity index (χ0) is 14.5. The molecule has 5 nitrogen and oxygen atoms in total. The second-order valence-electron chi connectivity index (χ2n) is 4.33. The predicted octanol–water partition coefficient (Wildman–Crippen LogP) is 1.22. The van der Waals surface area contributed by atoms with Crippen LogP contribution in [0.2, 0.25) is 0 Å². The Bertz CT molecular complexity index is 576. The van der Waals surface area contributed by atoms with E-state index in [-0.39, 0.29) is 5.75 Å². The van der Waals surface area contributed by atoms with Crippen molar-refractivity contribution in [3.8, 4) is 11.8 Å². The van der Waals surface area contributed by atoms with Crippen molar-refractivity contribution >= 4 is 9.84 Å². The largest absolute Gasteiger partial charge is 0.496 e. The van der Waals surface area contributed by atoms with Gasteiger partial charge in [0.2, 0.25) is 0 Å². The Morgan fingerprint density at radius 1 is 1.47 bits per heavy atom. The van der Waals surface area contributed by atoms with Gasteiger partial charge in [0.05, 0.1) is 29.7 Å². The lowest BCUT2D eigenvalue weighted by Gasteiger charge is -2.14. The summed E-state index contributed by atoms with van der Waals surface area (Å²) in [6.45, 7) is 1.97. The molecule has 1 unspecified atom stereocenters. The van der Waals surface area contributed by atoms with Crippen LogP contribution >= 0.6 is 0 Å². The van der Waals surface area contributed by atoms with Crippen LogP contribution in [0.5, 0.6) is 5.75 Å². The molecule has 2 N–H and O–H groups in total. The summed E-state index contributed by atoms with van der Waals surface area (Å²) in [6.07, 6.45) is 0.419. The number of hydrogen-bond acceptors (Lipinski definition) is 5. The van der Waals surface area contributed by atoms with Gasteiger partial charge in [-0.15, -0.1) is 0 Å². The van der Waals surface area contributed by atoms with E-state index in [1.54, 1.807) is 25.1 Å². The molecule has 0 aliphatic carbocycles. The molecule has 0 amide bonds. The third-order valence-corrected chi connectivity index (χ3v) is 5.13. The summed E-state index contributed by atoms with van der Waals surface area (Å²) in [6, 6.07) is 6.74. The molecule has 0 aliphatic rings. The van der Waals surface area contributed by atoms with Crippen LogP contribution in [0.4, 0.5) is 0 Å². The van der Waals surface area contributed by atoms with Gasteiger partial charge in [0.15, 0.2) is 9.84 Å². The number of methoxy groups -OCH3 is 1. The monoisotopic (exact) mass is 282 g/mol. The maximum Gasteiger partial charge on any atom is 0.157 e. The fourth-order valence-electron chi connectivity index (χ4n) is 1.73. The molecule has 0 radical (unpaired) electrons. The van der Waals surface area contributed by atoms with Crippen molar-refractivity contribution < 1.29 is 13.2 Å². The Morgan fingerprint density at radius 2 is 2.16 bits per heavy atom. The van der Waals surface area contributed by atoms with Crippen molar-refractivity contribution in [3.05, 3.63) is 29.3 Å². The van der Waals surface area contributed by atoms with Gasteiger partial charge in [-0.1, -0.05) is 0 Å². The summed E-state index contributed by atoms with van der Waals surface area (Å²) in [7, 11) is -1.83. The normalized spacial score (nSPS) is 12.7. The van der Waals surface area contributed by atoms with Gasteiger partial charge >= 0.3 is 0 Å². The molecule has 1 aromatic carbocycles. The molecular weight excluding hydrogens is 264 g/mol. The first-order chi connectivity index (χ1) is 8.94. The minimum atomic E-state index is -3.30. The molecule has 6 heteroatoms. The van der Waals surface area contributed by atoms with Crippen molar-refractivity contribution in [2.45, 2.75) is 24.3 Å². The lowest BCUT2D eigenvalue weighted by molar-refractivity contribution is 0.411. The average Bonchev–Trinajstić information content (AvgIpc) is 2.38. The van der Waals surface area contributed by atoms with Crippen molar-refractivity contribution in [1.29, 1.82) is 5.26 Å². The number of sulfone groups is 1. The highest BCUT2D eigenvalue weighted by Gasteiger charge is 2.22. The summed E-state index contributed by atoms with van der Waals surface area (Å²) in [5, 5.41) is 8.35. The molecule has 0 bridgehead atoms. The number of hydrogen-bond donors (Lipinski definition) is 1. The fourth-order valence-corrected chi connectivity index (χ4v) is 3.17. The topological polar surface area (TPSA) is 93.2 Å². The van der Waals surface area contributed by atoms with E-state index < -0.39 is 15.1 Å². The van der Waals surface area contributed by atoms with E-state index in [9.17, 15) is 8.42 Å². The first-order valence-corrected chi connectivity index (χ1v) is 7.64. The van der Waals surface area contributed by atoms with Gasteiger partial charge in [-0.2, -0.15) is 5.26 Å². The van der Waals surface area contributed by atoms with Crippen LogP contribution in [-0.2, 0) is 15.6 Å². The van der Waals surface area contributed by atoms with Crippen LogP contribution in [0.3, 0.4) is 0 Å². The Balaban J connectivity index is 3.07. The first-order valence-electron chi connectivity index (χ1n) is 5.93. The maximum absolute atomic E-state index is 12.2. The molecule has 0 aromatic heterocycles. The highest BCUT2D eigenvalue weighted by molar-refractivity contribution is 7.91. The second-order valence-corrected chi connectivity index (χ2v) is 6.75. The molecule has 1 aromatic rings. The molecular formula is C13H18N2O3S. The third-order valence-electron chi connectivity index (χ3n) is 2.95. The standard InChI is InChI=1S/C13H18N2O3S/c1-10(5-6-14)19(16,17)9-12-7-11(8-15)3-4-13(12)18-2/h3-4,7,10H,5-6,9,14H2,1-2H3.